The first-order chi connectivity index (χ1) is 6.75. The number of rotatable bonds is 2. The van der Waals surface area contributed by atoms with Crippen LogP contribution in [-0.4, -0.2) is 12.1 Å². The Morgan fingerprint density at radius 2 is 2.14 bits per heavy atom. The number of hydrogen-bond acceptors (Lipinski definition) is 3. The summed E-state index contributed by atoms with van der Waals surface area (Å²) < 4.78 is 5.02. The first kappa shape index (κ1) is 8.87. The van der Waals surface area contributed by atoms with E-state index in [9.17, 15) is 4.79 Å². The number of carbonyl (C=O) groups excluding carboxylic acids is 1. The molecule has 0 aliphatic heterocycles. The molecule has 0 bridgehead atoms. The molecule has 4 heteroatoms. The number of para-hydroxylation sites is 2. The quantitative estimate of drug-likeness (QED) is 0.698. The number of anilines is 1. The summed E-state index contributed by atoms with van der Waals surface area (Å²) in [6.45, 7) is 0. The van der Waals surface area contributed by atoms with Crippen molar-refractivity contribution in [3.8, 4) is 5.75 Å². The fourth-order valence-electron chi connectivity index (χ4n) is 1.10. The van der Waals surface area contributed by atoms with Crippen LogP contribution in [0.3, 0.4) is 0 Å². The van der Waals surface area contributed by atoms with Crippen LogP contribution in [0.15, 0.2) is 24.3 Å². The van der Waals surface area contributed by atoms with E-state index in [2.05, 4.69) is 5.32 Å². The molecule has 4 nitrogen and oxygen atoms in total. The van der Waals surface area contributed by atoms with Gasteiger partial charge in [-0.2, -0.15) is 0 Å². The lowest BCUT2D eigenvalue weighted by atomic mass is 10.3. The molecule has 1 fully saturated rings. The van der Waals surface area contributed by atoms with Crippen LogP contribution in [-0.2, 0) is 0 Å². The molecular formula is C10H12N2O2. The van der Waals surface area contributed by atoms with Gasteiger partial charge in [0, 0.05) is 6.04 Å². The average Bonchev–Trinajstić information content (AvgIpc) is 2.93. The predicted molar refractivity (Wildman–Crippen MR) is 53.0 cm³/mol. The lowest BCUT2D eigenvalue weighted by molar-refractivity contribution is 0.200. The number of nitrogens with one attached hydrogen (secondary N) is 1. The second-order valence-electron chi connectivity index (χ2n) is 3.35. The van der Waals surface area contributed by atoms with E-state index in [1.807, 2.05) is 0 Å². The van der Waals surface area contributed by atoms with Gasteiger partial charge in [-0.15, -0.1) is 0 Å². The van der Waals surface area contributed by atoms with Gasteiger partial charge in [0.15, 0.2) is 5.75 Å². The Hall–Kier alpha value is -1.71. The van der Waals surface area contributed by atoms with Crippen LogP contribution in [0, 0.1) is 0 Å². The van der Waals surface area contributed by atoms with Gasteiger partial charge in [0.25, 0.3) is 0 Å². The number of amides is 1. The predicted octanol–water partition coefficient (Wildman–Crippen LogP) is 1.52. The van der Waals surface area contributed by atoms with Crippen molar-refractivity contribution in [3.63, 3.8) is 0 Å². The van der Waals surface area contributed by atoms with Crippen molar-refractivity contribution < 1.29 is 9.53 Å². The van der Waals surface area contributed by atoms with Crippen molar-refractivity contribution in [1.82, 2.24) is 5.32 Å². The molecule has 1 aromatic carbocycles. The molecular weight excluding hydrogens is 180 g/mol. The molecule has 0 heterocycles. The van der Waals surface area contributed by atoms with Crippen LogP contribution < -0.4 is 15.8 Å². The molecule has 3 N–H and O–H groups in total. The molecule has 74 valence electrons. The molecule has 1 amide bonds. The summed E-state index contributed by atoms with van der Waals surface area (Å²) in [6, 6.07) is 7.23. The van der Waals surface area contributed by atoms with Gasteiger partial charge in [-0.1, -0.05) is 12.1 Å². The van der Waals surface area contributed by atoms with Gasteiger partial charge in [0.2, 0.25) is 0 Å². The molecule has 0 spiro atoms. The molecule has 14 heavy (non-hydrogen) atoms. The van der Waals surface area contributed by atoms with Gasteiger partial charge in [0.1, 0.15) is 0 Å². The van der Waals surface area contributed by atoms with E-state index in [0.717, 1.165) is 12.8 Å². The summed E-state index contributed by atoms with van der Waals surface area (Å²) in [5.74, 6) is 0.408. The average molecular weight is 192 g/mol. The van der Waals surface area contributed by atoms with E-state index < -0.39 is 6.09 Å². The first-order valence-corrected chi connectivity index (χ1v) is 4.58. The highest BCUT2D eigenvalue weighted by Gasteiger charge is 2.24. The maximum absolute atomic E-state index is 11.2. The largest absolute Gasteiger partial charge is 0.412 e. The Morgan fingerprint density at radius 3 is 2.79 bits per heavy atom. The van der Waals surface area contributed by atoms with Crippen molar-refractivity contribution in [2.75, 3.05) is 5.73 Å². The minimum absolute atomic E-state index is 0.299. The molecule has 1 aromatic rings. The minimum atomic E-state index is -0.426. The molecule has 0 unspecified atom stereocenters. The van der Waals surface area contributed by atoms with Gasteiger partial charge >= 0.3 is 6.09 Å². The number of benzene rings is 1. The number of carbonyl (C=O) groups is 1. The smallest absolute Gasteiger partial charge is 0.408 e. The second-order valence-corrected chi connectivity index (χ2v) is 3.35. The van der Waals surface area contributed by atoms with Crippen LogP contribution in [0.1, 0.15) is 12.8 Å². The zero-order valence-electron chi connectivity index (χ0n) is 7.69. The highest BCUT2D eigenvalue weighted by atomic mass is 16.6. The zero-order valence-corrected chi connectivity index (χ0v) is 7.69. The molecule has 1 aliphatic rings. The maximum atomic E-state index is 11.2. The van der Waals surface area contributed by atoms with Gasteiger partial charge in [0.05, 0.1) is 5.69 Å². The lowest BCUT2D eigenvalue weighted by Crippen LogP contribution is -2.28. The molecule has 0 saturated heterocycles. The first-order valence-electron chi connectivity index (χ1n) is 4.58. The Kier molecular flexibility index (Phi) is 2.26. The van der Waals surface area contributed by atoms with Crippen molar-refractivity contribution in [3.05, 3.63) is 24.3 Å². The Bertz CT molecular complexity index is 348. The van der Waals surface area contributed by atoms with E-state index in [1.165, 1.54) is 0 Å². The molecule has 0 aromatic heterocycles. The van der Waals surface area contributed by atoms with E-state index in [-0.39, 0.29) is 0 Å². The number of hydrogen-bond donors (Lipinski definition) is 2. The Morgan fingerprint density at radius 1 is 1.43 bits per heavy atom. The standard InChI is InChI=1S/C10H12N2O2/c11-8-3-1-2-4-9(8)14-10(13)12-7-5-6-7/h1-4,7H,5-6,11H2,(H,12,13). The van der Waals surface area contributed by atoms with Crippen LogP contribution >= 0.6 is 0 Å². The summed E-state index contributed by atoms with van der Waals surface area (Å²) in [4.78, 5) is 11.2. The summed E-state index contributed by atoms with van der Waals surface area (Å²) in [7, 11) is 0. The Labute approximate surface area is 82.1 Å². The van der Waals surface area contributed by atoms with Crippen molar-refractivity contribution >= 4 is 11.8 Å². The zero-order chi connectivity index (χ0) is 9.97. The third kappa shape index (κ3) is 2.16. The van der Waals surface area contributed by atoms with Gasteiger partial charge < -0.3 is 15.8 Å². The minimum Gasteiger partial charge on any atom is -0.408 e. The summed E-state index contributed by atoms with van der Waals surface area (Å²) in [6.07, 6.45) is 1.66. The van der Waals surface area contributed by atoms with Gasteiger partial charge in [-0.25, -0.2) is 4.79 Å². The van der Waals surface area contributed by atoms with Crippen molar-refractivity contribution in [1.29, 1.82) is 0 Å². The number of nitrogens with two attached hydrogens (primary N) is 1. The van der Waals surface area contributed by atoms with Crippen LogP contribution in [0.4, 0.5) is 10.5 Å². The second kappa shape index (κ2) is 3.57. The normalized spacial score (nSPS) is 14.9. The summed E-state index contributed by atoms with van der Waals surface area (Å²) in [5.41, 5.74) is 6.08. The van der Waals surface area contributed by atoms with Crippen LogP contribution in [0.2, 0.25) is 0 Å². The molecule has 2 rings (SSSR count). The number of nitrogen functional groups attached to an aromatic ring is 1. The highest BCUT2D eigenvalue weighted by Crippen LogP contribution is 2.22. The fourth-order valence-corrected chi connectivity index (χ4v) is 1.10. The van der Waals surface area contributed by atoms with Crippen LogP contribution in [0.25, 0.3) is 0 Å². The molecule has 0 radical (unpaired) electrons. The third-order valence-electron chi connectivity index (χ3n) is 2.02. The molecule has 0 atom stereocenters. The van der Waals surface area contributed by atoms with Crippen molar-refractivity contribution in [2.24, 2.45) is 0 Å². The van der Waals surface area contributed by atoms with Gasteiger partial charge in [-0.05, 0) is 25.0 Å². The van der Waals surface area contributed by atoms with E-state index in [0.29, 0.717) is 17.5 Å². The van der Waals surface area contributed by atoms with E-state index in [4.69, 9.17) is 10.5 Å². The molecule has 1 aliphatic carbocycles. The highest BCUT2D eigenvalue weighted by molar-refractivity contribution is 5.73. The third-order valence-corrected chi connectivity index (χ3v) is 2.02. The SMILES string of the molecule is Nc1ccccc1OC(=O)NC1CC1. The Balaban J connectivity index is 1.95. The molecule has 1 saturated carbocycles. The monoisotopic (exact) mass is 192 g/mol. The topological polar surface area (TPSA) is 64.3 Å². The fraction of sp³-hybridized carbons (Fsp3) is 0.300. The number of ether oxygens (including phenoxy) is 1. The van der Waals surface area contributed by atoms with Gasteiger partial charge in [-0.3, -0.25) is 0 Å². The van der Waals surface area contributed by atoms with E-state index in [1.54, 1.807) is 24.3 Å². The van der Waals surface area contributed by atoms with Crippen molar-refractivity contribution in [2.45, 2.75) is 18.9 Å². The maximum Gasteiger partial charge on any atom is 0.412 e. The lowest BCUT2D eigenvalue weighted by Gasteiger charge is -2.06. The summed E-state index contributed by atoms with van der Waals surface area (Å²) in [5, 5.41) is 2.71. The van der Waals surface area contributed by atoms with Crippen LogP contribution in [0.5, 0.6) is 5.75 Å². The summed E-state index contributed by atoms with van der Waals surface area (Å²) >= 11 is 0. The van der Waals surface area contributed by atoms with E-state index >= 15 is 0 Å².